The Morgan fingerprint density at radius 2 is 1.70 bits per heavy atom. The molecule has 0 aromatic heterocycles. The number of benzene rings is 2. The summed E-state index contributed by atoms with van der Waals surface area (Å²) < 4.78 is 13.5. The standard InChI is InChI=1S/C17H19ClFN/c1-10-8-13(19)9-11(2)16(10)17(20-4)14-6-5-7-15(18)12(14)3/h5-9,17,20H,1-4H3. The molecule has 2 rings (SSSR count). The van der Waals surface area contributed by atoms with E-state index in [-0.39, 0.29) is 11.9 Å². The fraction of sp³-hybridized carbons (Fsp3) is 0.294. The molecule has 0 aliphatic rings. The van der Waals surface area contributed by atoms with Crippen LogP contribution in [0.4, 0.5) is 4.39 Å². The molecule has 0 saturated heterocycles. The molecule has 0 fully saturated rings. The highest BCUT2D eigenvalue weighted by Crippen LogP contribution is 2.32. The molecule has 1 N–H and O–H groups in total. The van der Waals surface area contributed by atoms with Crippen LogP contribution < -0.4 is 5.32 Å². The van der Waals surface area contributed by atoms with Gasteiger partial charge in [0.05, 0.1) is 6.04 Å². The second-order valence-electron chi connectivity index (χ2n) is 5.13. The van der Waals surface area contributed by atoms with Crippen molar-refractivity contribution in [3.8, 4) is 0 Å². The van der Waals surface area contributed by atoms with Gasteiger partial charge in [0.25, 0.3) is 0 Å². The molecule has 0 radical (unpaired) electrons. The zero-order valence-corrected chi connectivity index (χ0v) is 13.0. The number of halogens is 2. The van der Waals surface area contributed by atoms with Crippen molar-refractivity contribution in [3.63, 3.8) is 0 Å². The molecule has 2 aromatic rings. The van der Waals surface area contributed by atoms with E-state index < -0.39 is 0 Å². The highest BCUT2D eigenvalue weighted by atomic mass is 35.5. The molecule has 0 spiro atoms. The van der Waals surface area contributed by atoms with E-state index in [1.165, 1.54) is 0 Å². The summed E-state index contributed by atoms with van der Waals surface area (Å²) in [4.78, 5) is 0. The number of hydrogen-bond donors (Lipinski definition) is 1. The minimum absolute atomic E-state index is 0.00861. The first-order valence-corrected chi connectivity index (χ1v) is 7.02. The topological polar surface area (TPSA) is 12.0 Å². The van der Waals surface area contributed by atoms with Crippen LogP contribution in [0.1, 0.15) is 33.9 Å². The summed E-state index contributed by atoms with van der Waals surface area (Å²) in [5.74, 6) is -0.193. The first-order chi connectivity index (χ1) is 9.45. The lowest BCUT2D eigenvalue weighted by molar-refractivity contribution is 0.618. The second-order valence-corrected chi connectivity index (χ2v) is 5.54. The number of rotatable bonds is 3. The van der Waals surface area contributed by atoms with Gasteiger partial charge >= 0.3 is 0 Å². The molecule has 1 unspecified atom stereocenters. The largest absolute Gasteiger partial charge is 0.309 e. The van der Waals surface area contributed by atoms with E-state index in [4.69, 9.17) is 11.6 Å². The highest BCUT2D eigenvalue weighted by Gasteiger charge is 2.19. The highest BCUT2D eigenvalue weighted by molar-refractivity contribution is 6.31. The minimum atomic E-state index is -0.193. The zero-order valence-electron chi connectivity index (χ0n) is 12.2. The van der Waals surface area contributed by atoms with E-state index in [2.05, 4.69) is 11.4 Å². The van der Waals surface area contributed by atoms with Crippen LogP contribution in [0.15, 0.2) is 30.3 Å². The SMILES string of the molecule is CNC(c1cccc(Cl)c1C)c1c(C)cc(F)cc1C. The molecule has 0 amide bonds. The molecule has 3 heteroatoms. The lowest BCUT2D eigenvalue weighted by Gasteiger charge is -2.24. The summed E-state index contributed by atoms with van der Waals surface area (Å²) in [7, 11) is 1.91. The molecular formula is C17H19ClFN. The molecule has 0 aliphatic heterocycles. The van der Waals surface area contributed by atoms with Crippen LogP contribution >= 0.6 is 11.6 Å². The van der Waals surface area contributed by atoms with Gasteiger partial charge in [0.2, 0.25) is 0 Å². The maximum atomic E-state index is 13.5. The third-order valence-electron chi connectivity index (χ3n) is 3.76. The predicted molar refractivity (Wildman–Crippen MR) is 83.0 cm³/mol. The molecular weight excluding hydrogens is 273 g/mol. The van der Waals surface area contributed by atoms with Gasteiger partial charge in [-0.05, 0) is 73.8 Å². The fourth-order valence-electron chi connectivity index (χ4n) is 2.77. The molecule has 1 atom stereocenters. The lowest BCUT2D eigenvalue weighted by atomic mass is 9.89. The molecule has 2 aromatic carbocycles. The number of hydrogen-bond acceptors (Lipinski definition) is 1. The predicted octanol–water partition coefficient (Wildman–Crippen LogP) is 4.71. The van der Waals surface area contributed by atoms with E-state index in [1.54, 1.807) is 12.1 Å². The quantitative estimate of drug-likeness (QED) is 0.863. The van der Waals surface area contributed by atoms with Crippen molar-refractivity contribution < 1.29 is 4.39 Å². The van der Waals surface area contributed by atoms with Gasteiger partial charge in [-0.3, -0.25) is 0 Å². The van der Waals surface area contributed by atoms with Crippen molar-refractivity contribution >= 4 is 11.6 Å². The van der Waals surface area contributed by atoms with Crippen LogP contribution in [0.25, 0.3) is 0 Å². The Labute approximate surface area is 124 Å². The first-order valence-electron chi connectivity index (χ1n) is 6.64. The third kappa shape index (κ3) is 2.72. The van der Waals surface area contributed by atoms with Gasteiger partial charge in [-0.15, -0.1) is 0 Å². The normalized spacial score (nSPS) is 12.5. The summed E-state index contributed by atoms with van der Waals surface area (Å²) in [6.07, 6.45) is 0. The van der Waals surface area contributed by atoms with Gasteiger partial charge in [-0.25, -0.2) is 4.39 Å². The van der Waals surface area contributed by atoms with Gasteiger partial charge in [0.15, 0.2) is 0 Å². The van der Waals surface area contributed by atoms with Crippen molar-refractivity contribution in [2.24, 2.45) is 0 Å². The zero-order chi connectivity index (χ0) is 14.9. The Balaban J connectivity index is 2.62. The van der Waals surface area contributed by atoms with Gasteiger partial charge in [-0.2, -0.15) is 0 Å². The Morgan fingerprint density at radius 1 is 1.10 bits per heavy atom. The summed E-state index contributed by atoms with van der Waals surface area (Å²) >= 11 is 6.22. The maximum Gasteiger partial charge on any atom is 0.123 e. The Morgan fingerprint density at radius 3 is 2.25 bits per heavy atom. The Bertz CT molecular complexity index is 614. The van der Waals surface area contributed by atoms with Crippen molar-refractivity contribution in [1.29, 1.82) is 0 Å². The van der Waals surface area contributed by atoms with E-state index in [0.29, 0.717) is 0 Å². The molecule has 20 heavy (non-hydrogen) atoms. The first kappa shape index (κ1) is 15.0. The Hall–Kier alpha value is -1.38. The van der Waals surface area contributed by atoms with E-state index in [9.17, 15) is 4.39 Å². The molecule has 0 bridgehead atoms. The van der Waals surface area contributed by atoms with Crippen LogP contribution in [-0.4, -0.2) is 7.05 Å². The third-order valence-corrected chi connectivity index (χ3v) is 4.17. The summed E-state index contributed by atoms with van der Waals surface area (Å²) in [5, 5.41) is 4.07. The van der Waals surface area contributed by atoms with Crippen molar-refractivity contribution in [2.75, 3.05) is 7.05 Å². The lowest BCUT2D eigenvalue weighted by Crippen LogP contribution is -2.21. The maximum absolute atomic E-state index is 13.5. The number of nitrogens with one attached hydrogen (secondary N) is 1. The average Bonchev–Trinajstić information content (AvgIpc) is 2.37. The van der Waals surface area contributed by atoms with Crippen LogP contribution in [0, 0.1) is 26.6 Å². The number of aryl methyl sites for hydroxylation is 2. The summed E-state index contributed by atoms with van der Waals surface area (Å²) in [5.41, 5.74) is 5.18. The molecule has 106 valence electrons. The summed E-state index contributed by atoms with van der Waals surface area (Å²) in [6, 6.07) is 9.05. The minimum Gasteiger partial charge on any atom is -0.309 e. The van der Waals surface area contributed by atoms with E-state index in [0.717, 1.165) is 32.8 Å². The van der Waals surface area contributed by atoms with Crippen LogP contribution in [0.3, 0.4) is 0 Å². The van der Waals surface area contributed by atoms with E-state index >= 15 is 0 Å². The van der Waals surface area contributed by atoms with Gasteiger partial charge in [0, 0.05) is 5.02 Å². The monoisotopic (exact) mass is 291 g/mol. The van der Waals surface area contributed by atoms with Crippen molar-refractivity contribution in [2.45, 2.75) is 26.8 Å². The fourth-order valence-corrected chi connectivity index (χ4v) is 2.95. The summed E-state index contributed by atoms with van der Waals surface area (Å²) in [6.45, 7) is 5.89. The second kappa shape index (κ2) is 5.94. The van der Waals surface area contributed by atoms with Gasteiger partial charge < -0.3 is 5.32 Å². The molecule has 0 aliphatic carbocycles. The van der Waals surface area contributed by atoms with Gasteiger partial charge in [-0.1, -0.05) is 23.7 Å². The average molecular weight is 292 g/mol. The van der Waals surface area contributed by atoms with Crippen LogP contribution in [0.2, 0.25) is 5.02 Å². The molecule has 0 saturated carbocycles. The van der Waals surface area contributed by atoms with Crippen molar-refractivity contribution in [3.05, 3.63) is 69.0 Å². The van der Waals surface area contributed by atoms with E-state index in [1.807, 2.05) is 40.0 Å². The van der Waals surface area contributed by atoms with Crippen LogP contribution in [0.5, 0.6) is 0 Å². The Kier molecular flexibility index (Phi) is 4.46. The molecule has 0 heterocycles. The molecule has 1 nitrogen and oxygen atoms in total. The van der Waals surface area contributed by atoms with Crippen LogP contribution in [-0.2, 0) is 0 Å². The smallest absolute Gasteiger partial charge is 0.123 e. The van der Waals surface area contributed by atoms with Gasteiger partial charge in [0.1, 0.15) is 5.82 Å². The van der Waals surface area contributed by atoms with Crippen molar-refractivity contribution in [1.82, 2.24) is 5.32 Å².